The molecule has 1 atom stereocenters. The van der Waals surface area contributed by atoms with E-state index in [4.69, 9.17) is 4.74 Å². The Morgan fingerprint density at radius 2 is 1.90 bits per heavy atom. The Hall–Kier alpha value is -0.860. The van der Waals surface area contributed by atoms with Crippen LogP contribution >= 0.6 is 0 Å². The first-order valence-electron chi connectivity index (χ1n) is 8.50. The van der Waals surface area contributed by atoms with Crippen LogP contribution in [0.1, 0.15) is 44.2 Å². The van der Waals surface area contributed by atoms with Crippen molar-refractivity contribution in [2.75, 3.05) is 19.8 Å². The zero-order chi connectivity index (χ0) is 15.1. The molecule has 1 aromatic carbocycles. The maximum Gasteiger partial charge on any atom is 0.0468 e. The van der Waals surface area contributed by atoms with E-state index in [-0.39, 0.29) is 0 Å². The van der Waals surface area contributed by atoms with Crippen LogP contribution in [0.2, 0.25) is 0 Å². The number of hydrogen-bond donors (Lipinski definition) is 1. The molecule has 2 nitrogen and oxygen atoms in total. The molecule has 2 heteroatoms. The average molecular weight is 289 g/mol. The first-order chi connectivity index (χ1) is 10.1. The lowest BCUT2D eigenvalue weighted by atomic mass is 9.84. The van der Waals surface area contributed by atoms with Crippen LogP contribution in [0, 0.1) is 18.8 Å². The lowest BCUT2D eigenvalue weighted by Crippen LogP contribution is -2.32. The van der Waals surface area contributed by atoms with Crippen molar-refractivity contribution in [3.05, 3.63) is 35.4 Å². The molecule has 0 aliphatic carbocycles. The summed E-state index contributed by atoms with van der Waals surface area (Å²) in [5, 5.41) is 3.64. The van der Waals surface area contributed by atoms with E-state index in [1.165, 1.54) is 36.8 Å². The highest BCUT2D eigenvalue weighted by atomic mass is 16.5. The summed E-state index contributed by atoms with van der Waals surface area (Å²) in [6.07, 6.45) is 5.01. The highest BCUT2D eigenvalue weighted by Gasteiger charge is 2.20. The Bertz CT molecular complexity index is 410. The monoisotopic (exact) mass is 289 g/mol. The Morgan fingerprint density at radius 1 is 1.19 bits per heavy atom. The molecule has 1 unspecified atom stereocenters. The van der Waals surface area contributed by atoms with E-state index in [1.54, 1.807) is 0 Å². The van der Waals surface area contributed by atoms with Crippen molar-refractivity contribution in [2.45, 2.75) is 52.5 Å². The fourth-order valence-electron chi connectivity index (χ4n) is 3.24. The first-order valence-corrected chi connectivity index (χ1v) is 8.50. The van der Waals surface area contributed by atoms with Crippen LogP contribution in [0.15, 0.2) is 24.3 Å². The van der Waals surface area contributed by atoms with Crippen LogP contribution in [0.5, 0.6) is 0 Å². The maximum absolute atomic E-state index is 5.50. The average Bonchev–Trinajstić information content (AvgIpc) is 2.48. The molecule has 1 aromatic rings. The van der Waals surface area contributed by atoms with E-state index < -0.39 is 0 Å². The molecule has 0 amide bonds. The van der Waals surface area contributed by atoms with Gasteiger partial charge in [0.1, 0.15) is 0 Å². The van der Waals surface area contributed by atoms with Crippen molar-refractivity contribution in [1.29, 1.82) is 0 Å². The topological polar surface area (TPSA) is 21.3 Å². The number of nitrogens with one attached hydrogen (secondary N) is 1. The predicted molar refractivity (Wildman–Crippen MR) is 89.7 cm³/mol. The first kappa shape index (κ1) is 16.5. The third-order valence-electron chi connectivity index (χ3n) is 4.59. The van der Waals surface area contributed by atoms with Gasteiger partial charge in [-0.15, -0.1) is 0 Å². The van der Waals surface area contributed by atoms with E-state index >= 15 is 0 Å². The van der Waals surface area contributed by atoms with Crippen LogP contribution in [0.25, 0.3) is 0 Å². The standard InChI is InChI=1S/C19H31NO/c1-15(2)20-14-18(12-17-8-10-21-11-9-17)13-19-7-5-4-6-16(19)3/h4-7,15,17-18,20H,8-14H2,1-3H3. The molecule has 0 aromatic heterocycles. The van der Waals surface area contributed by atoms with E-state index in [1.807, 2.05) is 0 Å². The minimum absolute atomic E-state index is 0.569. The summed E-state index contributed by atoms with van der Waals surface area (Å²) in [5.41, 5.74) is 2.94. The lowest BCUT2D eigenvalue weighted by molar-refractivity contribution is 0.0584. The molecule has 0 saturated carbocycles. The zero-order valence-corrected chi connectivity index (χ0v) is 13.9. The highest BCUT2D eigenvalue weighted by Crippen LogP contribution is 2.25. The molecule has 0 radical (unpaired) electrons. The van der Waals surface area contributed by atoms with Gasteiger partial charge < -0.3 is 10.1 Å². The van der Waals surface area contributed by atoms with Crippen LogP contribution in [0.3, 0.4) is 0 Å². The van der Waals surface area contributed by atoms with Crippen LogP contribution < -0.4 is 5.32 Å². The van der Waals surface area contributed by atoms with E-state index in [9.17, 15) is 0 Å². The van der Waals surface area contributed by atoms with Crippen molar-refractivity contribution in [1.82, 2.24) is 5.32 Å². The third kappa shape index (κ3) is 5.80. The Morgan fingerprint density at radius 3 is 2.57 bits per heavy atom. The maximum atomic E-state index is 5.50. The van der Waals surface area contributed by atoms with Crippen molar-refractivity contribution in [3.8, 4) is 0 Å². The summed E-state index contributed by atoms with van der Waals surface area (Å²) in [7, 11) is 0. The summed E-state index contributed by atoms with van der Waals surface area (Å²) in [6.45, 7) is 9.75. The Kier molecular flexibility index (Phi) is 6.72. The molecule has 1 N–H and O–H groups in total. The second-order valence-electron chi connectivity index (χ2n) is 6.85. The van der Waals surface area contributed by atoms with Gasteiger partial charge in [-0.05, 0) is 62.1 Å². The molecule has 21 heavy (non-hydrogen) atoms. The van der Waals surface area contributed by atoms with Gasteiger partial charge in [-0.2, -0.15) is 0 Å². The summed E-state index contributed by atoms with van der Waals surface area (Å²) < 4.78 is 5.50. The highest BCUT2D eigenvalue weighted by molar-refractivity contribution is 5.26. The number of ether oxygens (including phenoxy) is 1. The van der Waals surface area contributed by atoms with Crippen molar-refractivity contribution < 1.29 is 4.74 Å². The largest absolute Gasteiger partial charge is 0.381 e. The fourth-order valence-corrected chi connectivity index (χ4v) is 3.24. The summed E-state index contributed by atoms with van der Waals surface area (Å²) in [5.74, 6) is 1.58. The minimum Gasteiger partial charge on any atom is -0.381 e. The summed E-state index contributed by atoms with van der Waals surface area (Å²) in [4.78, 5) is 0. The van der Waals surface area contributed by atoms with E-state index in [0.717, 1.165) is 31.6 Å². The van der Waals surface area contributed by atoms with Gasteiger partial charge in [0.05, 0.1) is 0 Å². The second-order valence-corrected chi connectivity index (χ2v) is 6.85. The molecule has 2 rings (SSSR count). The van der Waals surface area contributed by atoms with Crippen LogP contribution in [-0.2, 0) is 11.2 Å². The smallest absolute Gasteiger partial charge is 0.0468 e. The summed E-state index contributed by atoms with van der Waals surface area (Å²) in [6, 6.07) is 9.40. The van der Waals surface area contributed by atoms with Gasteiger partial charge in [0.25, 0.3) is 0 Å². The second kappa shape index (κ2) is 8.55. The lowest BCUT2D eigenvalue weighted by Gasteiger charge is -2.28. The van der Waals surface area contributed by atoms with Gasteiger partial charge in [0.2, 0.25) is 0 Å². The number of aryl methyl sites for hydroxylation is 1. The molecule has 1 saturated heterocycles. The fraction of sp³-hybridized carbons (Fsp3) is 0.684. The molecule has 1 aliphatic rings. The molecule has 118 valence electrons. The third-order valence-corrected chi connectivity index (χ3v) is 4.59. The van der Waals surface area contributed by atoms with Gasteiger partial charge in [0, 0.05) is 19.3 Å². The van der Waals surface area contributed by atoms with Gasteiger partial charge in [-0.3, -0.25) is 0 Å². The van der Waals surface area contributed by atoms with Gasteiger partial charge in [-0.1, -0.05) is 38.1 Å². The molecule has 0 spiro atoms. The van der Waals surface area contributed by atoms with Gasteiger partial charge >= 0.3 is 0 Å². The molecule has 0 bridgehead atoms. The van der Waals surface area contributed by atoms with Gasteiger partial charge in [0.15, 0.2) is 0 Å². The number of rotatable bonds is 7. The molecule has 1 aliphatic heterocycles. The van der Waals surface area contributed by atoms with Gasteiger partial charge in [-0.25, -0.2) is 0 Å². The zero-order valence-electron chi connectivity index (χ0n) is 13.9. The van der Waals surface area contributed by atoms with Crippen LogP contribution in [0.4, 0.5) is 0 Å². The number of hydrogen-bond acceptors (Lipinski definition) is 2. The minimum atomic E-state index is 0.569. The van der Waals surface area contributed by atoms with Crippen LogP contribution in [-0.4, -0.2) is 25.8 Å². The quantitative estimate of drug-likeness (QED) is 0.820. The van der Waals surface area contributed by atoms with E-state index in [2.05, 4.69) is 50.4 Å². The van der Waals surface area contributed by atoms with E-state index in [0.29, 0.717) is 6.04 Å². The van der Waals surface area contributed by atoms with Crippen molar-refractivity contribution in [2.24, 2.45) is 11.8 Å². The molecule has 1 heterocycles. The van der Waals surface area contributed by atoms with Crippen molar-refractivity contribution >= 4 is 0 Å². The Balaban J connectivity index is 1.95. The van der Waals surface area contributed by atoms with Crippen molar-refractivity contribution in [3.63, 3.8) is 0 Å². The normalized spacial score (nSPS) is 18.1. The Labute approximate surface area is 130 Å². The molecular formula is C19H31NO. The molecule has 1 fully saturated rings. The predicted octanol–water partition coefficient (Wildman–Crippen LogP) is 3.97. The molecular weight excluding hydrogens is 258 g/mol. The number of benzene rings is 1. The summed E-state index contributed by atoms with van der Waals surface area (Å²) >= 11 is 0. The SMILES string of the molecule is Cc1ccccc1CC(CNC(C)C)CC1CCOCC1.